The number of benzene rings is 2. The molecule has 3 rings (SSSR count). The van der Waals surface area contributed by atoms with E-state index in [2.05, 4.69) is 22.0 Å². The van der Waals surface area contributed by atoms with Crippen LogP contribution in [0.25, 0.3) is 0 Å². The first-order valence-electron chi connectivity index (χ1n) is 9.66. The molecule has 0 aromatic heterocycles. The Morgan fingerprint density at radius 1 is 1.13 bits per heavy atom. The normalized spacial score (nSPS) is 15.3. The lowest BCUT2D eigenvalue weighted by Gasteiger charge is -2.23. The average molecular weight is 430 g/mol. The Morgan fingerprint density at radius 2 is 1.81 bits per heavy atom. The highest BCUT2D eigenvalue weighted by Gasteiger charge is 2.43. The van der Waals surface area contributed by atoms with E-state index < -0.39 is 35.6 Å². The van der Waals surface area contributed by atoms with Crippen LogP contribution in [0.4, 0.5) is 24.5 Å². The Kier molecular flexibility index (Phi) is 6.20. The second kappa shape index (κ2) is 8.68. The van der Waals surface area contributed by atoms with Crippen LogP contribution in [0, 0.1) is 17.2 Å². The smallest absolute Gasteiger partial charge is 0.376 e. The van der Waals surface area contributed by atoms with Crippen LogP contribution < -0.4 is 16.0 Å². The van der Waals surface area contributed by atoms with Crippen molar-refractivity contribution in [2.45, 2.75) is 31.5 Å². The number of amides is 2. The third-order valence-electron chi connectivity index (χ3n) is 5.08. The van der Waals surface area contributed by atoms with Gasteiger partial charge < -0.3 is 16.0 Å². The molecular weight excluding hydrogens is 409 g/mol. The zero-order valence-corrected chi connectivity index (χ0v) is 16.7. The molecule has 1 atom stereocenters. The Balaban J connectivity index is 1.71. The summed E-state index contributed by atoms with van der Waals surface area (Å²) >= 11 is 0. The van der Waals surface area contributed by atoms with E-state index in [1.165, 1.54) is 6.07 Å². The molecule has 2 aromatic carbocycles. The van der Waals surface area contributed by atoms with Crippen molar-refractivity contribution >= 4 is 23.2 Å². The summed E-state index contributed by atoms with van der Waals surface area (Å²) in [4.78, 5) is 24.4. The molecule has 1 unspecified atom stereocenters. The van der Waals surface area contributed by atoms with Gasteiger partial charge in [-0.05, 0) is 56.0 Å². The maximum atomic E-state index is 13.6. The molecule has 6 nitrogen and oxygen atoms in total. The number of alkyl halides is 3. The number of hydrogen-bond donors (Lipinski definition) is 3. The van der Waals surface area contributed by atoms with Crippen LogP contribution in [0.5, 0.6) is 0 Å². The monoisotopic (exact) mass is 430 g/mol. The molecule has 0 aliphatic heterocycles. The SMILES string of the molecule is CC(C#N)(NC(=O)CNc1ccc(NC(=O)c2ccccc2)cc1C(F)(F)F)C1CC1. The standard InChI is InChI=1S/C22H21F3N4O2/c1-21(13-26,15-7-8-15)29-19(30)12-27-18-10-9-16(11-17(18)22(23,24)25)28-20(31)14-5-3-2-4-6-14/h2-6,9-11,15,27H,7-8,12H2,1H3,(H,28,31)(H,29,30). The van der Waals surface area contributed by atoms with E-state index in [0.717, 1.165) is 25.0 Å². The molecule has 1 fully saturated rings. The van der Waals surface area contributed by atoms with Gasteiger partial charge in [-0.25, -0.2) is 0 Å². The van der Waals surface area contributed by atoms with E-state index in [1.807, 2.05) is 0 Å². The molecule has 0 spiro atoms. The first-order chi connectivity index (χ1) is 14.6. The number of rotatable bonds is 7. The van der Waals surface area contributed by atoms with Crippen LogP contribution in [0.1, 0.15) is 35.7 Å². The molecule has 1 aliphatic rings. The van der Waals surface area contributed by atoms with Gasteiger partial charge in [0.15, 0.2) is 0 Å². The summed E-state index contributed by atoms with van der Waals surface area (Å²) in [7, 11) is 0. The van der Waals surface area contributed by atoms with Gasteiger partial charge in [0.2, 0.25) is 5.91 Å². The second-order valence-corrected chi connectivity index (χ2v) is 7.57. The minimum absolute atomic E-state index is 0.0260. The maximum Gasteiger partial charge on any atom is 0.418 e. The zero-order valence-electron chi connectivity index (χ0n) is 16.7. The van der Waals surface area contributed by atoms with Crippen molar-refractivity contribution in [2.75, 3.05) is 17.2 Å². The van der Waals surface area contributed by atoms with E-state index in [4.69, 9.17) is 0 Å². The molecule has 1 saturated carbocycles. The van der Waals surface area contributed by atoms with E-state index >= 15 is 0 Å². The number of carbonyl (C=O) groups is 2. The third-order valence-corrected chi connectivity index (χ3v) is 5.08. The van der Waals surface area contributed by atoms with Crippen molar-refractivity contribution in [1.82, 2.24) is 5.32 Å². The summed E-state index contributed by atoms with van der Waals surface area (Å²) in [6.45, 7) is 1.18. The topological polar surface area (TPSA) is 94.0 Å². The van der Waals surface area contributed by atoms with Gasteiger partial charge in [0.25, 0.3) is 5.91 Å². The molecule has 0 heterocycles. The highest BCUT2D eigenvalue weighted by atomic mass is 19.4. The van der Waals surface area contributed by atoms with E-state index in [1.54, 1.807) is 37.3 Å². The predicted octanol–water partition coefficient (Wildman–Crippen LogP) is 4.18. The highest BCUT2D eigenvalue weighted by Crippen LogP contribution is 2.39. The molecule has 3 N–H and O–H groups in total. The first-order valence-corrected chi connectivity index (χ1v) is 9.66. The highest BCUT2D eigenvalue weighted by molar-refractivity contribution is 6.04. The van der Waals surface area contributed by atoms with E-state index in [0.29, 0.717) is 5.56 Å². The summed E-state index contributed by atoms with van der Waals surface area (Å²) < 4.78 is 40.7. The summed E-state index contributed by atoms with van der Waals surface area (Å²) in [5.41, 5.74) is -2.06. The van der Waals surface area contributed by atoms with E-state index in [-0.39, 0.29) is 17.3 Å². The second-order valence-electron chi connectivity index (χ2n) is 7.57. The number of halogens is 3. The van der Waals surface area contributed by atoms with Gasteiger partial charge in [-0.3, -0.25) is 9.59 Å². The average Bonchev–Trinajstić information content (AvgIpc) is 3.58. The van der Waals surface area contributed by atoms with Crippen LogP contribution in [-0.4, -0.2) is 23.9 Å². The van der Waals surface area contributed by atoms with Crippen LogP contribution >= 0.6 is 0 Å². The number of hydrogen-bond acceptors (Lipinski definition) is 4. The van der Waals surface area contributed by atoms with Crippen molar-refractivity contribution in [3.8, 4) is 6.07 Å². The molecule has 2 amide bonds. The zero-order chi connectivity index (χ0) is 22.6. The van der Waals surface area contributed by atoms with Gasteiger partial charge in [-0.15, -0.1) is 0 Å². The van der Waals surface area contributed by atoms with Crippen LogP contribution in [-0.2, 0) is 11.0 Å². The molecule has 9 heteroatoms. The molecule has 2 aromatic rings. The van der Waals surface area contributed by atoms with Crippen LogP contribution in [0.2, 0.25) is 0 Å². The summed E-state index contributed by atoms with van der Waals surface area (Å²) in [6, 6.07) is 13.5. The van der Waals surface area contributed by atoms with Crippen LogP contribution in [0.3, 0.4) is 0 Å². The first kappa shape index (κ1) is 22.2. The maximum absolute atomic E-state index is 13.6. The molecule has 0 radical (unpaired) electrons. The Hall–Kier alpha value is -3.54. The van der Waals surface area contributed by atoms with Crippen molar-refractivity contribution in [1.29, 1.82) is 5.26 Å². The fourth-order valence-electron chi connectivity index (χ4n) is 3.19. The molecular formula is C22H21F3N4O2. The van der Waals surface area contributed by atoms with E-state index in [9.17, 15) is 28.0 Å². The number of nitrogens with zero attached hydrogens (tertiary/aromatic N) is 1. The lowest BCUT2D eigenvalue weighted by Crippen LogP contribution is -2.48. The number of nitrogens with one attached hydrogen (secondary N) is 3. The number of nitriles is 1. The molecule has 0 bridgehead atoms. The van der Waals surface area contributed by atoms with Crippen molar-refractivity contribution in [2.24, 2.45) is 5.92 Å². The fourth-order valence-corrected chi connectivity index (χ4v) is 3.19. The van der Waals surface area contributed by atoms with Gasteiger partial charge >= 0.3 is 6.18 Å². The molecule has 1 aliphatic carbocycles. The minimum Gasteiger partial charge on any atom is -0.376 e. The van der Waals surface area contributed by atoms with Crippen molar-refractivity contribution in [3.63, 3.8) is 0 Å². The molecule has 0 saturated heterocycles. The molecule has 162 valence electrons. The van der Waals surface area contributed by atoms with Crippen molar-refractivity contribution in [3.05, 3.63) is 59.7 Å². The van der Waals surface area contributed by atoms with Crippen LogP contribution in [0.15, 0.2) is 48.5 Å². The van der Waals surface area contributed by atoms with Gasteiger partial charge in [0.05, 0.1) is 18.2 Å². The molecule has 31 heavy (non-hydrogen) atoms. The lowest BCUT2D eigenvalue weighted by molar-refractivity contribution is -0.137. The Labute approximate surface area is 177 Å². The number of anilines is 2. The Morgan fingerprint density at radius 3 is 2.39 bits per heavy atom. The minimum atomic E-state index is -4.71. The van der Waals surface area contributed by atoms with Crippen molar-refractivity contribution < 1.29 is 22.8 Å². The predicted molar refractivity (Wildman–Crippen MR) is 109 cm³/mol. The lowest BCUT2D eigenvalue weighted by atomic mass is 9.98. The van der Waals surface area contributed by atoms with Gasteiger partial charge in [-0.2, -0.15) is 18.4 Å². The largest absolute Gasteiger partial charge is 0.418 e. The Bertz CT molecular complexity index is 1010. The van der Waals surface area contributed by atoms with Gasteiger partial charge in [0.1, 0.15) is 5.54 Å². The fraction of sp³-hybridized carbons (Fsp3) is 0.318. The summed E-state index contributed by atoms with van der Waals surface area (Å²) in [5, 5.41) is 16.8. The van der Waals surface area contributed by atoms with Gasteiger partial charge in [-0.1, -0.05) is 18.2 Å². The number of carbonyl (C=O) groups excluding carboxylic acids is 2. The quantitative estimate of drug-likeness (QED) is 0.614. The summed E-state index contributed by atoms with van der Waals surface area (Å²) in [5.74, 6) is -1.06. The van der Waals surface area contributed by atoms with Gasteiger partial charge in [0, 0.05) is 16.9 Å². The third kappa shape index (κ3) is 5.54. The summed E-state index contributed by atoms with van der Waals surface area (Å²) in [6.07, 6.45) is -3.06.